The van der Waals surface area contributed by atoms with Gasteiger partial charge in [-0.05, 0) is 36.4 Å². The fraction of sp³-hybridized carbons (Fsp3) is 0.158. The summed E-state index contributed by atoms with van der Waals surface area (Å²) in [6.07, 6.45) is -7.74. The van der Waals surface area contributed by atoms with E-state index in [-0.39, 0.29) is 40.4 Å². The molecule has 0 bridgehead atoms. The van der Waals surface area contributed by atoms with Crippen molar-refractivity contribution in [3.8, 4) is 11.5 Å². The van der Waals surface area contributed by atoms with Gasteiger partial charge in [-0.25, -0.2) is 0 Å². The summed E-state index contributed by atoms with van der Waals surface area (Å²) in [5.74, 6) is -0.0434. The summed E-state index contributed by atoms with van der Waals surface area (Å²) >= 11 is 0. The van der Waals surface area contributed by atoms with Crippen LogP contribution in [0.4, 0.5) is 32.0 Å². The summed E-state index contributed by atoms with van der Waals surface area (Å²) in [7, 11) is 0. The minimum atomic E-state index is -4.63. The zero-order valence-electron chi connectivity index (χ0n) is 14.9. The molecule has 2 aromatic carbocycles. The minimum Gasteiger partial charge on any atom is -0.398 e. The highest BCUT2D eigenvalue weighted by Gasteiger charge is 2.35. The second kappa shape index (κ2) is 6.78. The molecule has 2 aromatic heterocycles. The monoisotopic (exact) mass is 426 g/mol. The van der Waals surface area contributed by atoms with Gasteiger partial charge in [0.2, 0.25) is 0 Å². The SMILES string of the molecule is Nc1ccc2c(ccn2Cc2noc(-c3cccc(C(F)(F)F)c3)n2)c1C(F)(F)F. The lowest BCUT2D eigenvalue weighted by atomic mass is 10.1. The van der Waals surface area contributed by atoms with Gasteiger partial charge in [-0.2, -0.15) is 31.3 Å². The smallest absolute Gasteiger partial charge is 0.398 e. The third kappa shape index (κ3) is 3.58. The molecular weight excluding hydrogens is 414 g/mol. The summed E-state index contributed by atoms with van der Waals surface area (Å²) in [5.41, 5.74) is 3.63. The van der Waals surface area contributed by atoms with Crippen molar-refractivity contribution in [3.63, 3.8) is 0 Å². The standard InChI is InChI=1S/C19H12F6N4O/c20-18(21,22)11-3-1-2-10(8-11)17-27-15(28-30-17)9-29-7-6-12-14(29)5-4-13(26)16(12)19(23,24)25/h1-8H,9,26H2. The molecule has 11 heteroatoms. The number of aromatic nitrogens is 3. The Morgan fingerprint density at radius 3 is 2.43 bits per heavy atom. The van der Waals surface area contributed by atoms with Crippen LogP contribution in [0, 0.1) is 0 Å². The van der Waals surface area contributed by atoms with Crippen molar-refractivity contribution in [2.75, 3.05) is 5.73 Å². The fourth-order valence-corrected chi connectivity index (χ4v) is 3.16. The van der Waals surface area contributed by atoms with Gasteiger partial charge in [0.05, 0.1) is 17.7 Å². The third-order valence-electron chi connectivity index (χ3n) is 4.49. The molecule has 30 heavy (non-hydrogen) atoms. The lowest BCUT2D eigenvalue weighted by molar-refractivity contribution is -0.137. The fourth-order valence-electron chi connectivity index (χ4n) is 3.16. The second-order valence-corrected chi connectivity index (χ2v) is 6.50. The maximum Gasteiger partial charge on any atom is 0.419 e. The number of nitrogens with two attached hydrogens (primary N) is 1. The molecule has 0 aliphatic heterocycles. The van der Waals surface area contributed by atoms with Crippen molar-refractivity contribution in [2.45, 2.75) is 18.9 Å². The molecule has 0 radical (unpaired) electrons. The summed E-state index contributed by atoms with van der Waals surface area (Å²) in [5, 5.41) is 3.64. The number of nitrogens with zero attached hydrogens (tertiary/aromatic N) is 3. The Morgan fingerprint density at radius 2 is 1.73 bits per heavy atom. The van der Waals surface area contributed by atoms with Crippen molar-refractivity contribution in [1.82, 2.24) is 14.7 Å². The molecule has 0 atom stereocenters. The lowest BCUT2D eigenvalue weighted by Crippen LogP contribution is -2.09. The van der Waals surface area contributed by atoms with E-state index in [0.29, 0.717) is 0 Å². The minimum absolute atomic E-state index is 0.0484. The van der Waals surface area contributed by atoms with E-state index in [4.69, 9.17) is 10.3 Å². The average molecular weight is 426 g/mol. The molecule has 0 fully saturated rings. The number of benzene rings is 2. The van der Waals surface area contributed by atoms with Crippen molar-refractivity contribution in [1.29, 1.82) is 0 Å². The topological polar surface area (TPSA) is 69.9 Å². The molecule has 5 nitrogen and oxygen atoms in total. The molecule has 0 unspecified atom stereocenters. The van der Waals surface area contributed by atoms with E-state index >= 15 is 0 Å². The van der Waals surface area contributed by atoms with Crippen LogP contribution in [-0.2, 0) is 18.9 Å². The summed E-state index contributed by atoms with van der Waals surface area (Å²) in [6.45, 7) is -0.0484. The van der Waals surface area contributed by atoms with Crippen LogP contribution in [0.2, 0.25) is 0 Å². The van der Waals surface area contributed by atoms with Crippen molar-refractivity contribution < 1.29 is 30.9 Å². The Balaban J connectivity index is 1.66. The Labute approximate surface area is 164 Å². The lowest BCUT2D eigenvalue weighted by Gasteiger charge is -2.12. The normalized spacial score (nSPS) is 12.6. The van der Waals surface area contributed by atoms with Gasteiger partial charge in [0.15, 0.2) is 5.82 Å². The second-order valence-electron chi connectivity index (χ2n) is 6.50. The Hall–Kier alpha value is -3.50. The molecule has 0 saturated heterocycles. The van der Waals surface area contributed by atoms with Crippen LogP contribution in [-0.4, -0.2) is 14.7 Å². The summed E-state index contributed by atoms with van der Waals surface area (Å²) in [4.78, 5) is 4.06. The number of anilines is 1. The van der Waals surface area contributed by atoms with E-state index in [1.54, 1.807) is 0 Å². The first-order valence-electron chi connectivity index (χ1n) is 8.49. The van der Waals surface area contributed by atoms with E-state index in [1.165, 1.54) is 35.0 Å². The van der Waals surface area contributed by atoms with Crippen LogP contribution in [0.3, 0.4) is 0 Å². The molecule has 0 saturated carbocycles. The van der Waals surface area contributed by atoms with E-state index in [0.717, 1.165) is 18.2 Å². The van der Waals surface area contributed by atoms with E-state index in [9.17, 15) is 26.3 Å². The number of alkyl halides is 6. The zero-order valence-corrected chi connectivity index (χ0v) is 14.9. The van der Waals surface area contributed by atoms with Crippen molar-refractivity contribution in [2.24, 2.45) is 0 Å². The van der Waals surface area contributed by atoms with Crippen LogP contribution in [0.25, 0.3) is 22.4 Å². The van der Waals surface area contributed by atoms with Crippen LogP contribution in [0.5, 0.6) is 0 Å². The van der Waals surface area contributed by atoms with Crippen LogP contribution >= 0.6 is 0 Å². The van der Waals surface area contributed by atoms with E-state index in [2.05, 4.69) is 10.1 Å². The van der Waals surface area contributed by atoms with E-state index in [1.807, 2.05) is 0 Å². The average Bonchev–Trinajstić information content (AvgIpc) is 3.28. The molecule has 0 aliphatic rings. The first kappa shape index (κ1) is 19.8. The van der Waals surface area contributed by atoms with Crippen molar-refractivity contribution in [3.05, 3.63) is 65.6 Å². The van der Waals surface area contributed by atoms with Gasteiger partial charge in [0.1, 0.15) is 0 Å². The molecule has 4 rings (SSSR count). The number of halogens is 6. The number of nitrogen functional groups attached to an aromatic ring is 1. The van der Waals surface area contributed by atoms with Crippen LogP contribution in [0.1, 0.15) is 17.0 Å². The number of fused-ring (bicyclic) bond motifs is 1. The number of hydrogen-bond acceptors (Lipinski definition) is 4. The highest BCUT2D eigenvalue weighted by Crippen LogP contribution is 2.39. The number of hydrogen-bond donors (Lipinski definition) is 1. The summed E-state index contributed by atoms with van der Waals surface area (Å²) < 4.78 is 85.1. The highest BCUT2D eigenvalue weighted by molar-refractivity contribution is 5.88. The Morgan fingerprint density at radius 1 is 0.967 bits per heavy atom. The van der Waals surface area contributed by atoms with Gasteiger partial charge in [0, 0.05) is 28.4 Å². The Kier molecular flexibility index (Phi) is 4.48. The quantitative estimate of drug-likeness (QED) is 0.354. The molecule has 2 N–H and O–H groups in total. The zero-order chi connectivity index (χ0) is 21.7. The maximum atomic E-state index is 13.3. The molecule has 2 heterocycles. The molecule has 0 spiro atoms. The van der Waals surface area contributed by atoms with Gasteiger partial charge in [-0.15, -0.1) is 0 Å². The maximum absolute atomic E-state index is 13.3. The van der Waals surface area contributed by atoms with E-state index < -0.39 is 23.5 Å². The Bertz CT molecular complexity index is 1220. The summed E-state index contributed by atoms with van der Waals surface area (Å²) in [6, 6.07) is 8.26. The van der Waals surface area contributed by atoms with Crippen LogP contribution < -0.4 is 5.73 Å². The van der Waals surface area contributed by atoms with Crippen LogP contribution in [0.15, 0.2) is 53.2 Å². The predicted octanol–water partition coefficient (Wildman–Crippen LogP) is 5.36. The molecule has 4 aromatic rings. The first-order chi connectivity index (χ1) is 14.0. The van der Waals surface area contributed by atoms with Gasteiger partial charge < -0.3 is 14.8 Å². The molecular formula is C19H12F6N4O. The van der Waals surface area contributed by atoms with Gasteiger partial charge >= 0.3 is 12.4 Å². The molecule has 156 valence electrons. The number of rotatable bonds is 3. The van der Waals surface area contributed by atoms with Crippen molar-refractivity contribution >= 4 is 16.6 Å². The third-order valence-corrected chi connectivity index (χ3v) is 4.49. The molecule has 0 amide bonds. The predicted molar refractivity (Wildman–Crippen MR) is 95.2 cm³/mol. The molecule has 0 aliphatic carbocycles. The van der Waals surface area contributed by atoms with Gasteiger partial charge in [-0.1, -0.05) is 11.2 Å². The largest absolute Gasteiger partial charge is 0.419 e. The van der Waals surface area contributed by atoms with Gasteiger partial charge in [0.25, 0.3) is 5.89 Å². The first-order valence-corrected chi connectivity index (χ1v) is 8.49. The highest BCUT2D eigenvalue weighted by atomic mass is 19.4. The van der Waals surface area contributed by atoms with Gasteiger partial charge in [-0.3, -0.25) is 0 Å².